The van der Waals surface area contributed by atoms with Crippen LogP contribution in [0.3, 0.4) is 0 Å². The van der Waals surface area contributed by atoms with Crippen LogP contribution >= 0.6 is 0 Å². The van der Waals surface area contributed by atoms with Crippen LogP contribution in [0.2, 0.25) is 0 Å². The molecule has 0 fully saturated rings. The minimum Gasteiger partial charge on any atom is -0.494 e. The number of nitrogens with zero attached hydrogens (tertiary/aromatic N) is 2. The molecule has 28 heavy (non-hydrogen) atoms. The van der Waals surface area contributed by atoms with Gasteiger partial charge in [0.1, 0.15) is 11.6 Å². The summed E-state index contributed by atoms with van der Waals surface area (Å²) in [7, 11) is 0. The van der Waals surface area contributed by atoms with Gasteiger partial charge in [0.25, 0.3) is 5.91 Å². The maximum absolute atomic E-state index is 13.2. The summed E-state index contributed by atoms with van der Waals surface area (Å²) in [5.74, 6) is 0.265. The molecule has 0 saturated heterocycles. The van der Waals surface area contributed by atoms with Gasteiger partial charge in [-0.2, -0.15) is 5.10 Å². The highest BCUT2D eigenvalue weighted by Crippen LogP contribution is 2.22. The predicted octanol–water partition coefficient (Wildman–Crippen LogP) is 4.52. The van der Waals surface area contributed by atoms with Crippen molar-refractivity contribution in [1.29, 1.82) is 0 Å². The highest BCUT2D eigenvalue weighted by Gasteiger charge is 2.21. The normalized spacial score (nSPS) is 11.9. The van der Waals surface area contributed by atoms with Crippen LogP contribution in [-0.2, 0) is 0 Å². The van der Waals surface area contributed by atoms with Crippen LogP contribution in [-0.4, -0.2) is 22.3 Å². The van der Waals surface area contributed by atoms with Crippen LogP contribution in [0.5, 0.6) is 5.75 Å². The lowest BCUT2D eigenvalue weighted by Gasteiger charge is -2.16. The quantitative estimate of drug-likeness (QED) is 0.683. The molecule has 1 N–H and O–H groups in total. The van der Waals surface area contributed by atoms with Crippen molar-refractivity contribution in [1.82, 2.24) is 15.1 Å². The Morgan fingerprint density at radius 2 is 1.93 bits per heavy atom. The zero-order valence-corrected chi connectivity index (χ0v) is 16.5. The molecule has 0 bridgehead atoms. The number of rotatable bonds is 6. The van der Waals surface area contributed by atoms with Crippen LogP contribution in [0.25, 0.3) is 5.69 Å². The Hall–Kier alpha value is -3.15. The molecule has 0 spiro atoms. The van der Waals surface area contributed by atoms with E-state index in [2.05, 4.69) is 10.4 Å². The third kappa shape index (κ3) is 4.06. The van der Waals surface area contributed by atoms with E-state index in [0.29, 0.717) is 29.2 Å². The van der Waals surface area contributed by atoms with E-state index in [4.69, 9.17) is 4.74 Å². The molecule has 1 amide bonds. The number of aryl methyl sites for hydroxylation is 1. The first-order valence-corrected chi connectivity index (χ1v) is 9.26. The van der Waals surface area contributed by atoms with Crippen molar-refractivity contribution in [2.75, 3.05) is 6.61 Å². The standard InChI is InChI=1S/C22H24FN3O2/c1-5-28-20-8-6-7-17(13-20)14(2)24-22(27)21-15(3)25-26(16(21)4)19-11-9-18(23)10-12-19/h6-14H,5H2,1-4H3,(H,24,27). The molecule has 0 saturated carbocycles. The second-order valence-corrected chi connectivity index (χ2v) is 6.63. The first-order chi connectivity index (χ1) is 13.4. The summed E-state index contributed by atoms with van der Waals surface area (Å²) in [6.07, 6.45) is 0. The predicted molar refractivity (Wildman–Crippen MR) is 106 cm³/mol. The van der Waals surface area contributed by atoms with Gasteiger partial charge in [-0.1, -0.05) is 12.1 Å². The van der Waals surface area contributed by atoms with Gasteiger partial charge in [-0.3, -0.25) is 4.79 Å². The fourth-order valence-corrected chi connectivity index (χ4v) is 3.20. The van der Waals surface area contributed by atoms with Gasteiger partial charge in [0.15, 0.2) is 0 Å². The Labute approximate surface area is 164 Å². The van der Waals surface area contributed by atoms with E-state index >= 15 is 0 Å². The summed E-state index contributed by atoms with van der Waals surface area (Å²) in [6, 6.07) is 13.5. The van der Waals surface area contributed by atoms with Crippen LogP contribution < -0.4 is 10.1 Å². The molecule has 5 nitrogen and oxygen atoms in total. The zero-order valence-electron chi connectivity index (χ0n) is 16.5. The Balaban J connectivity index is 1.83. The third-order valence-corrected chi connectivity index (χ3v) is 4.61. The van der Waals surface area contributed by atoms with E-state index in [0.717, 1.165) is 11.3 Å². The fourth-order valence-electron chi connectivity index (χ4n) is 3.20. The lowest BCUT2D eigenvalue weighted by atomic mass is 10.1. The Morgan fingerprint density at radius 3 is 2.61 bits per heavy atom. The minimum atomic E-state index is -0.314. The molecule has 1 aromatic heterocycles. The van der Waals surface area contributed by atoms with Gasteiger partial charge < -0.3 is 10.1 Å². The first-order valence-electron chi connectivity index (χ1n) is 9.26. The maximum Gasteiger partial charge on any atom is 0.255 e. The van der Waals surface area contributed by atoms with E-state index in [1.165, 1.54) is 12.1 Å². The number of nitrogens with one attached hydrogen (secondary N) is 1. The van der Waals surface area contributed by atoms with Crippen LogP contribution in [0.15, 0.2) is 48.5 Å². The molecule has 1 heterocycles. The van der Waals surface area contributed by atoms with Crippen LogP contribution in [0.4, 0.5) is 4.39 Å². The monoisotopic (exact) mass is 381 g/mol. The number of hydrogen-bond donors (Lipinski definition) is 1. The SMILES string of the molecule is CCOc1cccc(C(C)NC(=O)c2c(C)nn(-c3ccc(F)cc3)c2C)c1. The third-order valence-electron chi connectivity index (χ3n) is 4.61. The average Bonchev–Trinajstić information content (AvgIpc) is 2.97. The van der Waals surface area contributed by atoms with Gasteiger partial charge in [0.2, 0.25) is 0 Å². The Morgan fingerprint density at radius 1 is 1.21 bits per heavy atom. The van der Waals surface area contributed by atoms with E-state index in [9.17, 15) is 9.18 Å². The topological polar surface area (TPSA) is 56.1 Å². The second kappa shape index (κ2) is 8.25. The lowest BCUT2D eigenvalue weighted by molar-refractivity contribution is 0.0938. The van der Waals surface area contributed by atoms with Crippen molar-refractivity contribution in [3.05, 3.63) is 76.9 Å². The number of hydrogen-bond acceptors (Lipinski definition) is 3. The van der Waals surface area contributed by atoms with Crippen molar-refractivity contribution < 1.29 is 13.9 Å². The van der Waals surface area contributed by atoms with Gasteiger partial charge in [0.05, 0.1) is 35.3 Å². The van der Waals surface area contributed by atoms with Gasteiger partial charge in [-0.25, -0.2) is 9.07 Å². The first kappa shape index (κ1) is 19.6. The molecular weight excluding hydrogens is 357 g/mol. The largest absolute Gasteiger partial charge is 0.494 e. The fraction of sp³-hybridized carbons (Fsp3) is 0.273. The van der Waals surface area contributed by atoms with E-state index in [-0.39, 0.29) is 17.8 Å². The molecule has 1 unspecified atom stereocenters. The molecule has 1 atom stereocenters. The van der Waals surface area contributed by atoms with Gasteiger partial charge >= 0.3 is 0 Å². The van der Waals surface area contributed by atoms with Crippen LogP contribution in [0.1, 0.15) is 47.2 Å². The maximum atomic E-state index is 13.2. The smallest absolute Gasteiger partial charge is 0.255 e. The lowest BCUT2D eigenvalue weighted by Crippen LogP contribution is -2.27. The Bertz CT molecular complexity index is 980. The van der Waals surface area contributed by atoms with Crippen molar-refractivity contribution in [2.45, 2.75) is 33.7 Å². The molecule has 3 rings (SSSR count). The summed E-state index contributed by atoms with van der Waals surface area (Å²) < 4.78 is 20.4. The van der Waals surface area contributed by atoms with Crippen molar-refractivity contribution >= 4 is 5.91 Å². The number of benzene rings is 2. The number of aromatic nitrogens is 2. The van der Waals surface area contributed by atoms with Crippen molar-refractivity contribution in [3.8, 4) is 11.4 Å². The number of carbonyl (C=O) groups excluding carboxylic acids is 1. The van der Waals surface area contributed by atoms with E-state index in [1.54, 1.807) is 23.7 Å². The van der Waals surface area contributed by atoms with Crippen LogP contribution in [0, 0.1) is 19.7 Å². The number of carbonyl (C=O) groups is 1. The highest BCUT2D eigenvalue weighted by atomic mass is 19.1. The average molecular weight is 381 g/mol. The molecule has 0 aliphatic rings. The zero-order chi connectivity index (χ0) is 20.3. The molecule has 146 valence electrons. The molecule has 0 aliphatic heterocycles. The van der Waals surface area contributed by atoms with E-state index in [1.807, 2.05) is 45.0 Å². The molecule has 3 aromatic rings. The highest BCUT2D eigenvalue weighted by molar-refractivity contribution is 5.96. The van der Waals surface area contributed by atoms with Gasteiger partial charge in [0, 0.05) is 0 Å². The minimum absolute atomic E-state index is 0.194. The molecule has 2 aromatic carbocycles. The summed E-state index contributed by atoms with van der Waals surface area (Å²) in [5.41, 5.74) is 3.52. The van der Waals surface area contributed by atoms with Gasteiger partial charge in [-0.05, 0) is 69.7 Å². The number of halogens is 1. The number of ether oxygens (including phenoxy) is 1. The molecule has 0 aliphatic carbocycles. The van der Waals surface area contributed by atoms with Gasteiger partial charge in [-0.15, -0.1) is 0 Å². The Kier molecular flexibility index (Phi) is 5.78. The van der Waals surface area contributed by atoms with Crippen molar-refractivity contribution in [3.63, 3.8) is 0 Å². The second-order valence-electron chi connectivity index (χ2n) is 6.63. The molecule has 0 radical (unpaired) electrons. The summed E-state index contributed by atoms with van der Waals surface area (Å²) in [4.78, 5) is 12.9. The summed E-state index contributed by atoms with van der Waals surface area (Å²) in [6.45, 7) is 8.08. The summed E-state index contributed by atoms with van der Waals surface area (Å²) in [5, 5.41) is 7.49. The van der Waals surface area contributed by atoms with E-state index < -0.39 is 0 Å². The molecule has 6 heteroatoms. The molecular formula is C22H24FN3O2. The summed E-state index contributed by atoms with van der Waals surface area (Å²) >= 11 is 0. The van der Waals surface area contributed by atoms with Crippen molar-refractivity contribution in [2.24, 2.45) is 0 Å². The number of amides is 1.